The summed E-state index contributed by atoms with van der Waals surface area (Å²) in [6.07, 6.45) is -3.32. The number of benzene rings is 3. The molecule has 0 saturated heterocycles. The van der Waals surface area contributed by atoms with Crippen LogP contribution in [0.25, 0.3) is 10.9 Å². The Morgan fingerprint density at radius 1 is 1.00 bits per heavy atom. The second kappa shape index (κ2) is 11.5. The van der Waals surface area contributed by atoms with E-state index in [4.69, 9.17) is 4.74 Å². The van der Waals surface area contributed by atoms with Crippen LogP contribution in [0, 0.1) is 17.8 Å². The molecule has 0 spiro atoms. The topological polar surface area (TPSA) is 111 Å². The predicted octanol–water partition coefficient (Wildman–Crippen LogP) is 5.04. The maximum absolute atomic E-state index is 13.3. The van der Waals surface area contributed by atoms with Gasteiger partial charge in [-0.2, -0.15) is 13.2 Å². The molecule has 0 amide bonds. The van der Waals surface area contributed by atoms with Crippen LogP contribution in [0.15, 0.2) is 77.6 Å². The monoisotopic (exact) mass is 565 g/mol. The Balaban J connectivity index is 1.28. The molecule has 3 atom stereocenters. The van der Waals surface area contributed by atoms with Crippen LogP contribution in [0.1, 0.15) is 34.3 Å². The number of carbonyl (C=O) groups excluding carboxylic acids is 1. The van der Waals surface area contributed by atoms with Gasteiger partial charge in [0.25, 0.3) is 5.56 Å². The molecule has 11 heteroatoms. The lowest BCUT2D eigenvalue weighted by atomic mass is 9.84. The number of halogens is 3. The molecule has 0 unspecified atom stereocenters. The fourth-order valence-corrected chi connectivity index (χ4v) is 5.41. The van der Waals surface area contributed by atoms with Gasteiger partial charge in [-0.25, -0.2) is 4.68 Å². The maximum atomic E-state index is 13.3. The summed E-state index contributed by atoms with van der Waals surface area (Å²) in [5.41, 5.74) is -0.314. The molecule has 212 valence electrons. The zero-order chi connectivity index (χ0) is 29.1. The third kappa shape index (κ3) is 6.13. The molecule has 0 radical (unpaired) electrons. The number of carboxylic acids is 1. The SMILES string of the molecule is O=C(O)[C@H]1[C@H](Cn2nnc3ccc(C(F)(F)F)cc3c2=O)CC[C@@H]1C(=O)c1ccc(OCCc2ccccc2)cc1. The van der Waals surface area contributed by atoms with Crippen LogP contribution in [0.4, 0.5) is 13.2 Å². The van der Waals surface area contributed by atoms with Crippen molar-refractivity contribution in [2.24, 2.45) is 17.8 Å². The molecule has 1 aliphatic rings. The van der Waals surface area contributed by atoms with Gasteiger partial charge in [0.15, 0.2) is 5.78 Å². The average molecular weight is 566 g/mol. The molecule has 5 rings (SSSR count). The number of rotatable bonds is 9. The van der Waals surface area contributed by atoms with Gasteiger partial charge < -0.3 is 9.84 Å². The molecular formula is C30H26F3N3O5. The minimum absolute atomic E-state index is 0.000929. The molecule has 1 aliphatic carbocycles. The zero-order valence-electron chi connectivity index (χ0n) is 21.8. The predicted molar refractivity (Wildman–Crippen MR) is 143 cm³/mol. The van der Waals surface area contributed by atoms with Crippen LogP contribution < -0.4 is 10.3 Å². The Hall–Kier alpha value is -4.54. The number of alkyl halides is 3. The van der Waals surface area contributed by atoms with Crippen LogP contribution in [-0.2, 0) is 23.9 Å². The average Bonchev–Trinajstić information content (AvgIpc) is 3.38. The number of ether oxygens (including phenoxy) is 1. The van der Waals surface area contributed by atoms with E-state index in [1.54, 1.807) is 24.3 Å². The van der Waals surface area contributed by atoms with Crippen molar-refractivity contribution in [1.29, 1.82) is 0 Å². The van der Waals surface area contributed by atoms with Crippen LogP contribution in [-0.4, -0.2) is 38.5 Å². The van der Waals surface area contributed by atoms with Gasteiger partial charge in [-0.1, -0.05) is 35.5 Å². The summed E-state index contributed by atoms with van der Waals surface area (Å²) in [4.78, 5) is 38.6. The first kappa shape index (κ1) is 28.0. The summed E-state index contributed by atoms with van der Waals surface area (Å²) in [6, 6.07) is 19.0. The quantitative estimate of drug-likeness (QED) is 0.283. The number of hydrogen-bond donors (Lipinski definition) is 1. The van der Waals surface area contributed by atoms with Gasteiger partial charge in [-0.15, -0.1) is 5.10 Å². The zero-order valence-corrected chi connectivity index (χ0v) is 21.8. The van der Waals surface area contributed by atoms with Crippen molar-refractivity contribution >= 4 is 22.7 Å². The fourth-order valence-electron chi connectivity index (χ4n) is 5.41. The number of ketones is 1. The van der Waals surface area contributed by atoms with E-state index in [1.165, 1.54) is 0 Å². The summed E-state index contributed by atoms with van der Waals surface area (Å²) in [5.74, 6) is -3.51. The van der Waals surface area contributed by atoms with Crippen molar-refractivity contribution in [2.45, 2.75) is 32.0 Å². The molecule has 0 bridgehead atoms. The molecule has 41 heavy (non-hydrogen) atoms. The first-order valence-corrected chi connectivity index (χ1v) is 13.1. The van der Waals surface area contributed by atoms with Gasteiger partial charge in [-0.05, 0) is 66.8 Å². The number of Topliss-reactive ketones (excluding diaryl/α,β-unsaturated/α-hetero) is 1. The summed E-state index contributed by atoms with van der Waals surface area (Å²) >= 11 is 0. The summed E-state index contributed by atoms with van der Waals surface area (Å²) in [6.45, 7) is 0.268. The number of fused-ring (bicyclic) bond motifs is 1. The first-order chi connectivity index (χ1) is 19.6. The number of aliphatic carboxylic acids is 1. The van der Waals surface area contributed by atoms with E-state index in [9.17, 15) is 32.7 Å². The van der Waals surface area contributed by atoms with E-state index >= 15 is 0 Å². The van der Waals surface area contributed by atoms with E-state index in [-0.39, 0.29) is 29.7 Å². The van der Waals surface area contributed by atoms with Gasteiger partial charge in [-0.3, -0.25) is 14.4 Å². The number of aromatic nitrogens is 3. The van der Waals surface area contributed by atoms with Crippen LogP contribution in [0.3, 0.4) is 0 Å². The Labute approximate surface area is 232 Å². The highest BCUT2D eigenvalue weighted by Gasteiger charge is 2.45. The summed E-state index contributed by atoms with van der Waals surface area (Å²) < 4.78 is 46.2. The van der Waals surface area contributed by atoms with E-state index < -0.39 is 41.0 Å². The molecule has 1 N–H and O–H groups in total. The third-order valence-corrected chi connectivity index (χ3v) is 7.51. The molecule has 8 nitrogen and oxygen atoms in total. The third-order valence-electron chi connectivity index (χ3n) is 7.51. The molecule has 4 aromatic rings. The minimum Gasteiger partial charge on any atom is -0.493 e. The van der Waals surface area contributed by atoms with Gasteiger partial charge in [0, 0.05) is 17.9 Å². The molecule has 1 saturated carbocycles. The largest absolute Gasteiger partial charge is 0.493 e. The molecule has 1 aromatic heterocycles. The highest BCUT2D eigenvalue weighted by atomic mass is 19.4. The minimum atomic E-state index is -4.64. The number of hydrogen-bond acceptors (Lipinski definition) is 6. The van der Waals surface area contributed by atoms with E-state index in [0.29, 0.717) is 30.4 Å². The second-order valence-corrected chi connectivity index (χ2v) is 10.1. The van der Waals surface area contributed by atoms with E-state index in [2.05, 4.69) is 10.3 Å². The normalized spacial score (nSPS) is 18.9. The summed E-state index contributed by atoms with van der Waals surface area (Å²) in [5, 5.41) is 17.4. The number of carbonyl (C=O) groups is 2. The van der Waals surface area contributed by atoms with Crippen molar-refractivity contribution in [3.63, 3.8) is 0 Å². The number of nitrogens with zero attached hydrogens (tertiary/aromatic N) is 3. The summed E-state index contributed by atoms with van der Waals surface area (Å²) in [7, 11) is 0. The molecule has 1 fully saturated rings. The molecular weight excluding hydrogens is 539 g/mol. The van der Waals surface area contributed by atoms with Crippen molar-refractivity contribution in [3.05, 3.63) is 99.8 Å². The van der Waals surface area contributed by atoms with Gasteiger partial charge in [0.2, 0.25) is 0 Å². The van der Waals surface area contributed by atoms with Crippen molar-refractivity contribution < 1.29 is 32.6 Å². The lowest BCUT2D eigenvalue weighted by Crippen LogP contribution is -2.34. The van der Waals surface area contributed by atoms with Gasteiger partial charge in [0.05, 0.1) is 30.0 Å². The van der Waals surface area contributed by atoms with E-state index in [1.807, 2.05) is 30.3 Å². The standard InChI is InChI=1S/C30H26F3N3O5/c31-30(32,33)21-9-13-25-24(16-21)28(38)36(35-34-25)17-20-8-12-23(26(20)29(39)40)27(37)19-6-10-22(11-7-19)41-15-14-18-4-2-1-3-5-18/h1-7,9-11,13,16,20,23,26H,8,12,14-15,17H2,(H,39,40)/t20-,23-,26-/m0/s1. The Kier molecular flexibility index (Phi) is 7.87. The van der Waals surface area contributed by atoms with Crippen LogP contribution in [0.2, 0.25) is 0 Å². The Morgan fingerprint density at radius 2 is 1.73 bits per heavy atom. The van der Waals surface area contributed by atoms with Gasteiger partial charge in [0.1, 0.15) is 11.3 Å². The second-order valence-electron chi connectivity index (χ2n) is 10.1. The van der Waals surface area contributed by atoms with Crippen LogP contribution in [0.5, 0.6) is 5.75 Å². The first-order valence-electron chi connectivity index (χ1n) is 13.1. The highest BCUT2D eigenvalue weighted by molar-refractivity contribution is 6.00. The highest BCUT2D eigenvalue weighted by Crippen LogP contribution is 2.40. The lowest BCUT2D eigenvalue weighted by molar-refractivity contribution is -0.144. The maximum Gasteiger partial charge on any atom is 0.416 e. The number of carboxylic acid groups (broad SMARTS) is 1. The molecule has 3 aromatic carbocycles. The van der Waals surface area contributed by atoms with E-state index in [0.717, 1.165) is 28.8 Å². The van der Waals surface area contributed by atoms with Crippen molar-refractivity contribution in [1.82, 2.24) is 15.0 Å². The van der Waals surface area contributed by atoms with Crippen LogP contribution >= 0.6 is 0 Å². The Bertz CT molecular complexity index is 1620. The molecule has 1 heterocycles. The smallest absolute Gasteiger partial charge is 0.416 e. The lowest BCUT2D eigenvalue weighted by Gasteiger charge is -2.20. The Morgan fingerprint density at radius 3 is 2.41 bits per heavy atom. The fraction of sp³-hybridized carbons (Fsp3) is 0.300. The molecule has 0 aliphatic heterocycles. The van der Waals surface area contributed by atoms with Crippen molar-refractivity contribution in [2.75, 3.05) is 6.61 Å². The van der Waals surface area contributed by atoms with Gasteiger partial charge >= 0.3 is 12.1 Å². The van der Waals surface area contributed by atoms with Crippen molar-refractivity contribution in [3.8, 4) is 5.75 Å².